The van der Waals surface area contributed by atoms with Crippen LogP contribution < -0.4 is 15.4 Å². The van der Waals surface area contributed by atoms with Crippen molar-refractivity contribution in [3.05, 3.63) is 93.3 Å². The molecule has 0 aliphatic carbocycles. The Hall–Kier alpha value is -3.56. The topological polar surface area (TPSA) is 106 Å². The number of thiocarbonyl (C=S) groups is 1. The Morgan fingerprint density at radius 1 is 1.13 bits per heavy atom. The molecule has 0 saturated carbocycles. The Bertz CT molecular complexity index is 1070. The third kappa shape index (κ3) is 5.72. The summed E-state index contributed by atoms with van der Waals surface area (Å²) in [6, 6.07) is 15.8. The maximum absolute atomic E-state index is 12.6. The number of anilines is 1. The minimum absolute atomic E-state index is 0.0440. The Morgan fingerprint density at radius 2 is 1.87 bits per heavy atom. The fraction of sp³-hybridized carbons (Fsp3) is 0.0500. The van der Waals surface area contributed by atoms with Gasteiger partial charge in [0.05, 0.1) is 10.5 Å². The van der Waals surface area contributed by atoms with Crippen LogP contribution in [0.15, 0.2) is 66.9 Å². The van der Waals surface area contributed by atoms with Crippen LogP contribution in [0.5, 0.6) is 5.75 Å². The van der Waals surface area contributed by atoms with Crippen LogP contribution in [-0.4, -0.2) is 20.9 Å². The molecular formula is C20H15ClN4O4S. The van der Waals surface area contributed by atoms with Gasteiger partial charge in [0.15, 0.2) is 5.11 Å². The van der Waals surface area contributed by atoms with Crippen LogP contribution in [0.2, 0.25) is 5.15 Å². The van der Waals surface area contributed by atoms with Crippen LogP contribution in [0.1, 0.15) is 15.9 Å². The third-order valence-corrected chi connectivity index (χ3v) is 4.31. The number of nitrogens with zero attached hydrogens (tertiary/aromatic N) is 2. The van der Waals surface area contributed by atoms with Crippen LogP contribution in [0.3, 0.4) is 0 Å². The molecule has 0 bridgehead atoms. The minimum Gasteiger partial charge on any atom is -0.488 e. The number of para-hydroxylation sites is 1. The number of pyridine rings is 1. The lowest BCUT2D eigenvalue weighted by Gasteiger charge is -2.13. The first-order valence-electron chi connectivity index (χ1n) is 8.61. The van der Waals surface area contributed by atoms with Crippen LogP contribution in [0, 0.1) is 10.1 Å². The summed E-state index contributed by atoms with van der Waals surface area (Å²) in [6.07, 6.45) is 1.59. The number of amides is 1. The van der Waals surface area contributed by atoms with E-state index >= 15 is 0 Å². The molecule has 3 rings (SSSR count). The number of carbonyl (C=O) groups excluding carboxylic acids is 1. The van der Waals surface area contributed by atoms with Crippen molar-refractivity contribution in [2.24, 2.45) is 0 Å². The molecule has 0 aliphatic heterocycles. The highest BCUT2D eigenvalue weighted by molar-refractivity contribution is 7.80. The highest BCUT2D eigenvalue weighted by atomic mass is 35.5. The standard InChI is InChI=1S/C20H15ClN4O4S/c21-18-10-5-13(11-22-18)12-29-17-4-2-1-3-16(17)19(26)24-20(30)23-14-6-8-15(9-7-14)25(27)28/h1-11H,12H2,(H2,23,24,26,30). The molecule has 8 nitrogen and oxygen atoms in total. The van der Waals surface area contributed by atoms with E-state index in [-0.39, 0.29) is 17.4 Å². The lowest BCUT2D eigenvalue weighted by Crippen LogP contribution is -2.34. The van der Waals surface area contributed by atoms with Crippen LogP contribution in [0.4, 0.5) is 11.4 Å². The second-order valence-electron chi connectivity index (χ2n) is 5.99. The number of ether oxygens (including phenoxy) is 1. The minimum atomic E-state index is -0.499. The zero-order chi connectivity index (χ0) is 21.5. The number of rotatable bonds is 6. The van der Waals surface area contributed by atoms with Gasteiger partial charge in [-0.15, -0.1) is 0 Å². The second kappa shape index (κ2) is 9.77. The highest BCUT2D eigenvalue weighted by Crippen LogP contribution is 2.20. The molecular weight excluding hydrogens is 428 g/mol. The average molecular weight is 443 g/mol. The molecule has 3 aromatic rings. The van der Waals surface area contributed by atoms with Gasteiger partial charge in [0.25, 0.3) is 11.6 Å². The summed E-state index contributed by atoms with van der Waals surface area (Å²) < 4.78 is 5.75. The first-order valence-corrected chi connectivity index (χ1v) is 9.40. The number of non-ortho nitro benzene ring substituents is 1. The summed E-state index contributed by atoms with van der Waals surface area (Å²) in [5.41, 5.74) is 1.56. The van der Waals surface area contributed by atoms with Crippen molar-refractivity contribution in [2.75, 3.05) is 5.32 Å². The van der Waals surface area contributed by atoms with E-state index in [1.807, 2.05) is 0 Å². The molecule has 2 aromatic carbocycles. The summed E-state index contributed by atoms with van der Waals surface area (Å²) in [5, 5.41) is 16.5. The molecule has 1 heterocycles. The van der Waals surface area contributed by atoms with Crippen molar-refractivity contribution < 1.29 is 14.5 Å². The van der Waals surface area contributed by atoms with Gasteiger partial charge in [-0.3, -0.25) is 20.2 Å². The highest BCUT2D eigenvalue weighted by Gasteiger charge is 2.14. The molecule has 1 aromatic heterocycles. The van der Waals surface area contributed by atoms with Crippen molar-refractivity contribution in [3.8, 4) is 5.75 Å². The fourth-order valence-corrected chi connectivity index (χ4v) is 2.75. The molecule has 2 N–H and O–H groups in total. The first kappa shape index (κ1) is 21.2. The van der Waals surface area contributed by atoms with Crippen molar-refractivity contribution in [3.63, 3.8) is 0 Å². The summed E-state index contributed by atoms with van der Waals surface area (Å²) in [5.74, 6) is -0.0812. The Kier molecular flexibility index (Phi) is 6.89. The second-order valence-corrected chi connectivity index (χ2v) is 6.78. The summed E-state index contributed by atoms with van der Waals surface area (Å²) in [6.45, 7) is 0.208. The van der Waals surface area contributed by atoms with Crippen LogP contribution in [0.25, 0.3) is 0 Å². The number of halogens is 1. The van der Waals surface area contributed by atoms with Crippen molar-refractivity contribution in [2.45, 2.75) is 6.61 Å². The Morgan fingerprint density at radius 3 is 2.53 bits per heavy atom. The molecule has 10 heteroatoms. The molecule has 30 heavy (non-hydrogen) atoms. The van der Waals surface area contributed by atoms with E-state index in [9.17, 15) is 14.9 Å². The van der Waals surface area contributed by atoms with Crippen LogP contribution >= 0.6 is 23.8 Å². The number of carbonyl (C=O) groups is 1. The quantitative estimate of drug-likeness (QED) is 0.253. The first-order chi connectivity index (χ1) is 14.4. The molecule has 1 amide bonds. The summed E-state index contributed by atoms with van der Waals surface area (Å²) >= 11 is 10.9. The molecule has 0 atom stereocenters. The van der Waals surface area contributed by atoms with E-state index in [0.717, 1.165) is 5.56 Å². The van der Waals surface area contributed by atoms with Gasteiger partial charge in [-0.25, -0.2) is 4.98 Å². The van der Waals surface area contributed by atoms with Crippen molar-refractivity contribution in [1.82, 2.24) is 10.3 Å². The van der Waals surface area contributed by atoms with E-state index in [1.165, 1.54) is 24.3 Å². The Labute approximate surface area is 182 Å². The van der Waals surface area contributed by atoms with E-state index in [0.29, 0.717) is 22.2 Å². The number of hydrogen-bond acceptors (Lipinski definition) is 6. The van der Waals surface area contributed by atoms with Gasteiger partial charge in [0, 0.05) is 29.6 Å². The smallest absolute Gasteiger partial charge is 0.269 e. The van der Waals surface area contributed by atoms with Crippen molar-refractivity contribution >= 4 is 46.2 Å². The Balaban J connectivity index is 1.62. The molecule has 0 aliphatic rings. The lowest BCUT2D eigenvalue weighted by atomic mass is 10.2. The van der Waals surface area contributed by atoms with Gasteiger partial charge in [-0.1, -0.05) is 29.8 Å². The van der Waals surface area contributed by atoms with Crippen LogP contribution in [-0.2, 0) is 6.61 Å². The van der Waals surface area contributed by atoms with Gasteiger partial charge in [-0.2, -0.15) is 0 Å². The predicted molar refractivity (Wildman–Crippen MR) is 117 cm³/mol. The average Bonchev–Trinajstić information content (AvgIpc) is 2.74. The van der Waals surface area contributed by atoms with Gasteiger partial charge in [0.1, 0.15) is 17.5 Å². The third-order valence-electron chi connectivity index (χ3n) is 3.88. The van der Waals surface area contributed by atoms with E-state index in [2.05, 4.69) is 15.6 Å². The maximum Gasteiger partial charge on any atom is 0.269 e. The van der Waals surface area contributed by atoms with E-state index < -0.39 is 10.8 Å². The SMILES string of the molecule is O=C(NC(=S)Nc1ccc([N+](=O)[O-])cc1)c1ccccc1OCc1ccc(Cl)nc1. The number of nitrogens with one attached hydrogen (secondary N) is 2. The van der Waals surface area contributed by atoms with Gasteiger partial charge in [0.2, 0.25) is 0 Å². The number of nitro groups is 1. The summed E-state index contributed by atoms with van der Waals surface area (Å²) in [7, 11) is 0. The molecule has 0 spiro atoms. The molecule has 0 fully saturated rings. The molecule has 0 unspecified atom stereocenters. The monoisotopic (exact) mass is 442 g/mol. The predicted octanol–water partition coefficient (Wildman–Crippen LogP) is 4.35. The zero-order valence-corrected chi connectivity index (χ0v) is 16.9. The zero-order valence-electron chi connectivity index (χ0n) is 15.4. The number of aromatic nitrogens is 1. The molecule has 0 radical (unpaired) electrons. The van der Waals surface area contributed by atoms with Gasteiger partial charge < -0.3 is 10.1 Å². The lowest BCUT2D eigenvalue weighted by molar-refractivity contribution is -0.384. The van der Waals surface area contributed by atoms with Gasteiger partial charge >= 0.3 is 0 Å². The number of benzene rings is 2. The maximum atomic E-state index is 12.6. The molecule has 152 valence electrons. The number of hydrogen-bond donors (Lipinski definition) is 2. The number of nitro benzene ring substituents is 1. The fourth-order valence-electron chi connectivity index (χ4n) is 2.43. The van der Waals surface area contributed by atoms with E-state index in [1.54, 1.807) is 42.6 Å². The van der Waals surface area contributed by atoms with Crippen molar-refractivity contribution in [1.29, 1.82) is 0 Å². The van der Waals surface area contributed by atoms with E-state index in [4.69, 9.17) is 28.6 Å². The molecule has 0 saturated heterocycles. The normalized spacial score (nSPS) is 10.2. The largest absolute Gasteiger partial charge is 0.488 e. The summed E-state index contributed by atoms with van der Waals surface area (Å²) in [4.78, 5) is 26.8. The van der Waals surface area contributed by atoms with Gasteiger partial charge in [-0.05, 0) is 42.5 Å².